The van der Waals surface area contributed by atoms with E-state index < -0.39 is 6.10 Å². The van der Waals surface area contributed by atoms with E-state index in [9.17, 15) is 9.59 Å². The minimum Gasteiger partial charge on any atom is -0.452 e. The minimum atomic E-state index is -0.791. The maximum absolute atomic E-state index is 12.3. The summed E-state index contributed by atoms with van der Waals surface area (Å²) in [6, 6.07) is 0. The van der Waals surface area contributed by atoms with Crippen molar-refractivity contribution in [1.82, 2.24) is 9.78 Å². The Morgan fingerprint density at radius 1 is 1.30 bits per heavy atom. The molecule has 23 heavy (non-hydrogen) atoms. The topological polar surface area (TPSA) is 73.2 Å². The number of rotatable bonds is 4. The average Bonchev–Trinajstić information content (AvgIpc) is 3.18. The molecule has 6 heteroatoms. The third kappa shape index (κ3) is 2.99. The molecular weight excluding hydrogens is 294 g/mol. The van der Waals surface area contributed by atoms with Gasteiger partial charge in [0.25, 0.3) is 5.91 Å². The second kappa shape index (κ2) is 5.98. The Balaban J connectivity index is 1.58. The number of anilines is 1. The number of aryl methyl sites for hydroxylation is 2. The summed E-state index contributed by atoms with van der Waals surface area (Å²) in [5.74, 6) is 0.624. The summed E-state index contributed by atoms with van der Waals surface area (Å²) >= 11 is 0. The van der Waals surface area contributed by atoms with Crippen molar-refractivity contribution >= 4 is 17.6 Å². The first-order chi connectivity index (χ1) is 10.9. The van der Waals surface area contributed by atoms with Gasteiger partial charge in [0.15, 0.2) is 6.10 Å². The summed E-state index contributed by atoms with van der Waals surface area (Å²) in [7, 11) is 1.83. The van der Waals surface area contributed by atoms with Crippen LogP contribution in [0.5, 0.6) is 0 Å². The predicted octanol–water partition coefficient (Wildman–Crippen LogP) is 2.34. The molecule has 1 aromatic rings. The Hall–Kier alpha value is -1.85. The quantitative estimate of drug-likeness (QED) is 0.865. The Kier molecular flexibility index (Phi) is 4.17. The van der Waals surface area contributed by atoms with Crippen molar-refractivity contribution in [2.75, 3.05) is 5.32 Å². The lowest BCUT2D eigenvalue weighted by molar-refractivity contribution is -0.158. The van der Waals surface area contributed by atoms with Crippen molar-refractivity contribution in [2.24, 2.45) is 24.8 Å². The standard InChI is InChI=1S/C17H25N3O3/c1-9-15(10(2)20(4)19-9)18-16(21)11(3)23-17(22)14-8-12-5-6-13(14)7-12/h11-14H,5-8H2,1-4H3,(H,18,21). The second-order valence-corrected chi connectivity index (χ2v) is 7.02. The molecule has 2 saturated carbocycles. The number of aromatic nitrogens is 2. The largest absolute Gasteiger partial charge is 0.452 e. The number of amides is 1. The molecule has 126 valence electrons. The van der Waals surface area contributed by atoms with Crippen molar-refractivity contribution in [3.05, 3.63) is 11.4 Å². The monoisotopic (exact) mass is 319 g/mol. The number of carbonyl (C=O) groups is 2. The van der Waals surface area contributed by atoms with Crippen LogP contribution < -0.4 is 5.32 Å². The normalized spacial score (nSPS) is 27.0. The SMILES string of the molecule is Cc1nn(C)c(C)c1NC(=O)C(C)OC(=O)C1CC2CCC1C2. The first-order valence-electron chi connectivity index (χ1n) is 8.38. The third-order valence-corrected chi connectivity index (χ3v) is 5.46. The molecule has 0 aromatic carbocycles. The molecule has 1 aromatic heterocycles. The molecule has 2 aliphatic rings. The molecule has 0 radical (unpaired) electrons. The summed E-state index contributed by atoms with van der Waals surface area (Å²) in [6.45, 7) is 5.36. The summed E-state index contributed by atoms with van der Waals surface area (Å²) in [5.41, 5.74) is 2.33. The van der Waals surface area contributed by atoms with E-state index in [1.54, 1.807) is 11.6 Å². The van der Waals surface area contributed by atoms with E-state index in [2.05, 4.69) is 10.4 Å². The summed E-state index contributed by atoms with van der Waals surface area (Å²) < 4.78 is 7.15. The molecule has 1 heterocycles. The van der Waals surface area contributed by atoms with Crippen molar-refractivity contribution in [3.8, 4) is 0 Å². The zero-order valence-corrected chi connectivity index (χ0v) is 14.3. The van der Waals surface area contributed by atoms with Crippen LogP contribution in [0.2, 0.25) is 0 Å². The van der Waals surface area contributed by atoms with Crippen LogP contribution in [-0.2, 0) is 21.4 Å². The van der Waals surface area contributed by atoms with Crippen LogP contribution in [0.3, 0.4) is 0 Å². The summed E-state index contributed by atoms with van der Waals surface area (Å²) in [6.07, 6.45) is 3.65. The van der Waals surface area contributed by atoms with E-state index >= 15 is 0 Å². The number of esters is 1. The van der Waals surface area contributed by atoms with Crippen molar-refractivity contribution in [2.45, 2.75) is 52.6 Å². The van der Waals surface area contributed by atoms with E-state index in [-0.39, 0.29) is 17.8 Å². The fraction of sp³-hybridized carbons (Fsp3) is 0.706. The van der Waals surface area contributed by atoms with Crippen LogP contribution in [0, 0.1) is 31.6 Å². The fourth-order valence-corrected chi connectivity index (χ4v) is 4.03. The zero-order chi connectivity index (χ0) is 16.7. The number of nitrogens with zero attached hydrogens (tertiary/aromatic N) is 2. The van der Waals surface area contributed by atoms with E-state index in [1.807, 2.05) is 20.9 Å². The maximum atomic E-state index is 12.3. The molecule has 3 rings (SSSR count). The smallest absolute Gasteiger partial charge is 0.309 e. The molecule has 6 nitrogen and oxygen atoms in total. The van der Waals surface area contributed by atoms with Crippen LogP contribution in [-0.4, -0.2) is 27.8 Å². The summed E-state index contributed by atoms with van der Waals surface area (Å²) in [4.78, 5) is 24.6. The first-order valence-corrected chi connectivity index (χ1v) is 8.38. The highest BCUT2D eigenvalue weighted by Gasteiger charge is 2.44. The number of carbonyl (C=O) groups excluding carboxylic acids is 2. The van der Waals surface area contributed by atoms with Crippen LogP contribution >= 0.6 is 0 Å². The van der Waals surface area contributed by atoms with Crippen LogP contribution in [0.25, 0.3) is 0 Å². The molecule has 4 atom stereocenters. The molecule has 0 saturated heterocycles. The van der Waals surface area contributed by atoms with Gasteiger partial charge in [0.1, 0.15) is 0 Å². The van der Waals surface area contributed by atoms with Crippen LogP contribution in [0.1, 0.15) is 44.0 Å². The van der Waals surface area contributed by atoms with E-state index in [1.165, 1.54) is 6.42 Å². The van der Waals surface area contributed by atoms with Gasteiger partial charge in [0, 0.05) is 7.05 Å². The molecule has 0 spiro atoms. The molecule has 1 N–H and O–H groups in total. The van der Waals surface area contributed by atoms with E-state index in [4.69, 9.17) is 4.74 Å². The lowest BCUT2D eigenvalue weighted by Gasteiger charge is -2.22. The average molecular weight is 319 g/mol. The molecule has 2 aliphatic carbocycles. The van der Waals surface area contributed by atoms with Gasteiger partial charge in [-0.15, -0.1) is 0 Å². The van der Waals surface area contributed by atoms with Crippen molar-refractivity contribution < 1.29 is 14.3 Å². The third-order valence-electron chi connectivity index (χ3n) is 5.46. The number of hydrogen-bond donors (Lipinski definition) is 1. The van der Waals surface area contributed by atoms with Gasteiger partial charge < -0.3 is 10.1 Å². The molecular formula is C17H25N3O3. The van der Waals surface area contributed by atoms with Gasteiger partial charge in [-0.2, -0.15) is 5.10 Å². The highest BCUT2D eigenvalue weighted by molar-refractivity contribution is 5.96. The molecule has 2 bridgehead atoms. The van der Waals surface area contributed by atoms with Gasteiger partial charge >= 0.3 is 5.97 Å². The lowest BCUT2D eigenvalue weighted by atomic mass is 9.89. The Labute approximate surface area is 136 Å². The Bertz CT molecular complexity index is 637. The second-order valence-electron chi connectivity index (χ2n) is 7.02. The number of fused-ring (bicyclic) bond motifs is 2. The van der Waals surface area contributed by atoms with E-state index in [0.717, 1.165) is 30.7 Å². The van der Waals surface area contributed by atoms with Gasteiger partial charge in [0.05, 0.1) is 23.0 Å². The fourth-order valence-electron chi connectivity index (χ4n) is 4.03. The number of hydrogen-bond acceptors (Lipinski definition) is 4. The van der Waals surface area contributed by atoms with Crippen molar-refractivity contribution in [3.63, 3.8) is 0 Å². The van der Waals surface area contributed by atoms with Gasteiger partial charge in [-0.3, -0.25) is 14.3 Å². The highest BCUT2D eigenvalue weighted by Crippen LogP contribution is 2.48. The van der Waals surface area contributed by atoms with Crippen molar-refractivity contribution in [1.29, 1.82) is 0 Å². The predicted molar refractivity (Wildman–Crippen MR) is 85.8 cm³/mol. The zero-order valence-electron chi connectivity index (χ0n) is 14.3. The van der Waals surface area contributed by atoms with Crippen LogP contribution in [0.15, 0.2) is 0 Å². The maximum Gasteiger partial charge on any atom is 0.309 e. The van der Waals surface area contributed by atoms with E-state index in [0.29, 0.717) is 17.5 Å². The van der Waals surface area contributed by atoms with Gasteiger partial charge in [-0.1, -0.05) is 6.42 Å². The molecule has 0 aliphatic heterocycles. The first kappa shape index (κ1) is 16.0. The number of nitrogens with one attached hydrogen (secondary N) is 1. The van der Waals surface area contributed by atoms with Gasteiger partial charge in [-0.05, 0) is 51.9 Å². The molecule has 4 unspecified atom stereocenters. The number of ether oxygens (including phenoxy) is 1. The van der Waals surface area contributed by atoms with Gasteiger partial charge in [0.2, 0.25) is 0 Å². The summed E-state index contributed by atoms with van der Waals surface area (Å²) in [5, 5.41) is 7.10. The lowest BCUT2D eigenvalue weighted by Crippen LogP contribution is -2.34. The molecule has 1 amide bonds. The minimum absolute atomic E-state index is 0.00846. The Morgan fingerprint density at radius 3 is 2.57 bits per heavy atom. The molecule has 2 fully saturated rings. The Morgan fingerprint density at radius 2 is 2.04 bits per heavy atom. The van der Waals surface area contributed by atoms with Crippen LogP contribution in [0.4, 0.5) is 5.69 Å². The van der Waals surface area contributed by atoms with Gasteiger partial charge in [-0.25, -0.2) is 0 Å². The highest BCUT2D eigenvalue weighted by atomic mass is 16.5.